The molecule has 0 saturated heterocycles. The molecule has 0 aliphatic carbocycles. The van der Waals surface area contributed by atoms with Gasteiger partial charge in [-0.15, -0.1) is 0 Å². The fourth-order valence-corrected chi connectivity index (χ4v) is 1.97. The summed E-state index contributed by atoms with van der Waals surface area (Å²) in [5, 5.41) is 11.3. The van der Waals surface area contributed by atoms with Gasteiger partial charge in [-0.25, -0.2) is 4.79 Å². The number of amides is 3. The molecular formula is C13H15N3O4. The molecule has 7 nitrogen and oxygen atoms in total. The maximum Gasteiger partial charge on any atom is 0.324 e. The van der Waals surface area contributed by atoms with Crippen molar-refractivity contribution in [1.29, 1.82) is 0 Å². The highest BCUT2D eigenvalue weighted by Gasteiger charge is 2.28. The Morgan fingerprint density at radius 3 is 2.80 bits per heavy atom. The number of carbonyl (C=O) groups excluding carboxylic acids is 2. The predicted octanol–water partition coefficient (Wildman–Crippen LogP) is 0.972. The minimum atomic E-state index is -0.971. The second-order valence-corrected chi connectivity index (χ2v) is 4.50. The highest BCUT2D eigenvalue weighted by molar-refractivity contribution is 6.09. The molecule has 0 saturated carbocycles. The molecule has 0 spiro atoms. The molecule has 0 atom stereocenters. The smallest absolute Gasteiger partial charge is 0.324 e. The lowest BCUT2D eigenvalue weighted by atomic mass is 10.2. The van der Waals surface area contributed by atoms with Crippen LogP contribution >= 0.6 is 0 Å². The van der Waals surface area contributed by atoms with E-state index in [9.17, 15) is 14.4 Å². The van der Waals surface area contributed by atoms with E-state index in [2.05, 4.69) is 5.32 Å². The molecule has 0 unspecified atom stereocenters. The number of rotatable bonds is 3. The van der Waals surface area contributed by atoms with Gasteiger partial charge in [-0.05, 0) is 12.1 Å². The van der Waals surface area contributed by atoms with Gasteiger partial charge >= 0.3 is 12.0 Å². The molecule has 0 aromatic heterocycles. The summed E-state index contributed by atoms with van der Waals surface area (Å²) in [6.07, 6.45) is -0.135. The number of carboxylic acids is 1. The summed E-state index contributed by atoms with van der Waals surface area (Å²) < 4.78 is 0. The Kier molecular flexibility index (Phi) is 3.88. The van der Waals surface area contributed by atoms with Crippen LogP contribution in [0.3, 0.4) is 0 Å². The second-order valence-electron chi connectivity index (χ2n) is 4.50. The van der Waals surface area contributed by atoms with Gasteiger partial charge in [0.2, 0.25) is 5.91 Å². The third-order valence-electron chi connectivity index (χ3n) is 2.99. The average molecular weight is 277 g/mol. The summed E-state index contributed by atoms with van der Waals surface area (Å²) in [6, 6.07) is 6.59. The topological polar surface area (TPSA) is 90.0 Å². The summed E-state index contributed by atoms with van der Waals surface area (Å²) in [6.45, 7) is 0.0156. The number of nitrogens with zero attached hydrogens (tertiary/aromatic N) is 2. The molecule has 1 aromatic carbocycles. The highest BCUT2D eigenvalue weighted by atomic mass is 16.4. The SMILES string of the molecule is CN(CCC(=O)O)C(=O)N1CC(=O)Nc2ccccc21. The van der Waals surface area contributed by atoms with Gasteiger partial charge < -0.3 is 15.3 Å². The number of carbonyl (C=O) groups is 3. The predicted molar refractivity (Wildman–Crippen MR) is 72.7 cm³/mol. The minimum absolute atomic E-state index is 0.0761. The number of carboxylic acid groups (broad SMARTS) is 1. The van der Waals surface area contributed by atoms with Crippen molar-refractivity contribution in [3.63, 3.8) is 0 Å². The Hall–Kier alpha value is -2.57. The van der Waals surface area contributed by atoms with Gasteiger partial charge in [0.25, 0.3) is 0 Å². The van der Waals surface area contributed by atoms with Crippen LogP contribution in [0.25, 0.3) is 0 Å². The van der Waals surface area contributed by atoms with Crippen LogP contribution < -0.4 is 10.2 Å². The Balaban J connectivity index is 2.17. The third kappa shape index (κ3) is 2.87. The fourth-order valence-electron chi connectivity index (χ4n) is 1.97. The summed E-state index contributed by atoms with van der Waals surface area (Å²) in [5.41, 5.74) is 1.18. The van der Waals surface area contributed by atoms with Gasteiger partial charge in [0.05, 0.1) is 17.8 Å². The zero-order chi connectivity index (χ0) is 14.7. The molecule has 20 heavy (non-hydrogen) atoms. The molecule has 7 heteroatoms. The molecule has 3 amide bonds. The van der Waals surface area contributed by atoms with E-state index in [1.807, 2.05) is 0 Å². The van der Waals surface area contributed by atoms with Crippen LogP contribution in [-0.4, -0.2) is 48.1 Å². The first-order chi connectivity index (χ1) is 9.49. The number of nitrogens with one attached hydrogen (secondary N) is 1. The first-order valence-electron chi connectivity index (χ1n) is 6.12. The van der Waals surface area contributed by atoms with Crippen LogP contribution in [0.4, 0.5) is 16.2 Å². The first-order valence-corrected chi connectivity index (χ1v) is 6.12. The van der Waals surface area contributed by atoms with Crippen LogP contribution in [0.1, 0.15) is 6.42 Å². The van der Waals surface area contributed by atoms with Crippen molar-refractivity contribution in [3.8, 4) is 0 Å². The lowest BCUT2D eigenvalue weighted by Crippen LogP contribution is -2.48. The standard InChI is InChI=1S/C13H15N3O4/c1-15(7-6-12(18)19)13(20)16-8-11(17)14-9-4-2-3-5-10(9)16/h2-5H,6-8H2,1H3,(H,14,17)(H,18,19). The van der Waals surface area contributed by atoms with Crippen molar-refractivity contribution >= 4 is 29.3 Å². The van der Waals surface area contributed by atoms with E-state index in [4.69, 9.17) is 5.11 Å². The van der Waals surface area contributed by atoms with Crippen LogP contribution in [0.2, 0.25) is 0 Å². The number of benzene rings is 1. The van der Waals surface area contributed by atoms with Crippen LogP contribution in [0, 0.1) is 0 Å². The highest BCUT2D eigenvalue weighted by Crippen LogP contribution is 2.29. The van der Waals surface area contributed by atoms with Crippen molar-refractivity contribution in [2.75, 3.05) is 30.4 Å². The van der Waals surface area contributed by atoms with Crippen molar-refractivity contribution < 1.29 is 19.5 Å². The normalized spacial score (nSPS) is 13.4. The molecule has 1 aliphatic rings. The maximum absolute atomic E-state index is 12.3. The van der Waals surface area contributed by atoms with Crippen LogP contribution in [-0.2, 0) is 9.59 Å². The van der Waals surface area contributed by atoms with E-state index in [1.54, 1.807) is 24.3 Å². The summed E-state index contributed by atoms with van der Waals surface area (Å²) >= 11 is 0. The Morgan fingerprint density at radius 2 is 2.10 bits per heavy atom. The molecule has 0 bridgehead atoms. The molecule has 1 aromatic rings. The van der Waals surface area contributed by atoms with E-state index in [0.29, 0.717) is 11.4 Å². The summed E-state index contributed by atoms with van der Waals surface area (Å²) in [4.78, 5) is 37.1. The Morgan fingerprint density at radius 1 is 1.40 bits per heavy atom. The number of anilines is 2. The first kappa shape index (κ1) is 13.9. The zero-order valence-corrected chi connectivity index (χ0v) is 11.0. The number of aliphatic carboxylic acids is 1. The van der Waals surface area contributed by atoms with E-state index in [0.717, 1.165) is 0 Å². The second kappa shape index (κ2) is 5.60. The van der Waals surface area contributed by atoms with E-state index < -0.39 is 12.0 Å². The van der Waals surface area contributed by atoms with Crippen molar-refractivity contribution in [3.05, 3.63) is 24.3 Å². The number of para-hydroxylation sites is 2. The summed E-state index contributed by atoms with van der Waals surface area (Å²) in [7, 11) is 1.51. The van der Waals surface area contributed by atoms with E-state index in [-0.39, 0.29) is 25.4 Å². The lowest BCUT2D eigenvalue weighted by molar-refractivity contribution is -0.137. The van der Waals surface area contributed by atoms with E-state index in [1.165, 1.54) is 16.8 Å². The molecule has 106 valence electrons. The lowest BCUT2D eigenvalue weighted by Gasteiger charge is -2.32. The summed E-state index contributed by atoms with van der Waals surface area (Å²) in [5.74, 6) is -1.25. The van der Waals surface area contributed by atoms with Gasteiger partial charge in [-0.1, -0.05) is 12.1 Å². The van der Waals surface area contributed by atoms with E-state index >= 15 is 0 Å². The zero-order valence-electron chi connectivity index (χ0n) is 11.0. The largest absolute Gasteiger partial charge is 0.481 e. The van der Waals surface area contributed by atoms with Crippen molar-refractivity contribution in [1.82, 2.24) is 4.90 Å². The van der Waals surface area contributed by atoms with Crippen LogP contribution in [0.15, 0.2) is 24.3 Å². The van der Waals surface area contributed by atoms with Crippen LogP contribution in [0.5, 0.6) is 0 Å². The molecule has 2 rings (SSSR count). The third-order valence-corrected chi connectivity index (χ3v) is 2.99. The molecule has 1 aliphatic heterocycles. The Labute approximate surface area is 115 Å². The molecule has 2 N–H and O–H groups in total. The molecular weight excluding hydrogens is 262 g/mol. The van der Waals surface area contributed by atoms with Gasteiger partial charge in [0.1, 0.15) is 6.54 Å². The van der Waals surface area contributed by atoms with Gasteiger partial charge in [-0.2, -0.15) is 0 Å². The van der Waals surface area contributed by atoms with Crippen molar-refractivity contribution in [2.45, 2.75) is 6.42 Å². The average Bonchev–Trinajstić information content (AvgIpc) is 2.42. The van der Waals surface area contributed by atoms with Gasteiger partial charge in [-0.3, -0.25) is 14.5 Å². The number of hydrogen-bond donors (Lipinski definition) is 2. The van der Waals surface area contributed by atoms with Crippen molar-refractivity contribution in [2.24, 2.45) is 0 Å². The minimum Gasteiger partial charge on any atom is -0.481 e. The molecule has 0 fully saturated rings. The quantitative estimate of drug-likeness (QED) is 0.861. The van der Waals surface area contributed by atoms with Gasteiger partial charge in [0.15, 0.2) is 0 Å². The molecule has 0 radical (unpaired) electrons. The fraction of sp³-hybridized carbons (Fsp3) is 0.308. The van der Waals surface area contributed by atoms with Gasteiger partial charge in [0, 0.05) is 13.6 Å². The Bertz CT molecular complexity index is 558. The molecule has 1 heterocycles. The number of urea groups is 1. The number of fused-ring (bicyclic) bond motifs is 1. The number of hydrogen-bond acceptors (Lipinski definition) is 3. The monoisotopic (exact) mass is 277 g/mol. The maximum atomic E-state index is 12.3.